The van der Waals surface area contributed by atoms with Crippen molar-refractivity contribution in [1.29, 1.82) is 0 Å². The third-order valence-corrected chi connectivity index (χ3v) is 6.59. The SMILES string of the molecule is C=N/C(OCC1CC1)=C1/C(C)=CN(C)/C1=N/CNc1ccc(C(=O)N2CCN(C)CC2)cc1OC. The Balaban J connectivity index is 1.45. The van der Waals surface area contributed by atoms with Gasteiger partial charge in [0.1, 0.15) is 18.3 Å². The van der Waals surface area contributed by atoms with E-state index in [9.17, 15) is 4.79 Å². The van der Waals surface area contributed by atoms with E-state index in [2.05, 4.69) is 29.0 Å². The van der Waals surface area contributed by atoms with Gasteiger partial charge in [-0.1, -0.05) is 0 Å². The zero-order chi connectivity index (χ0) is 24.9. The molecular formula is C26H36N6O3. The van der Waals surface area contributed by atoms with Crippen molar-refractivity contribution in [2.45, 2.75) is 19.8 Å². The fourth-order valence-electron chi connectivity index (χ4n) is 4.26. The number of amides is 1. The summed E-state index contributed by atoms with van der Waals surface area (Å²) in [6.07, 6.45) is 4.43. The topological polar surface area (TPSA) is 82.0 Å². The number of benzene rings is 1. The quantitative estimate of drug-likeness (QED) is 0.432. The van der Waals surface area contributed by atoms with Crippen LogP contribution in [-0.2, 0) is 4.74 Å². The minimum atomic E-state index is 0.0303. The van der Waals surface area contributed by atoms with Crippen molar-refractivity contribution in [2.24, 2.45) is 15.9 Å². The summed E-state index contributed by atoms with van der Waals surface area (Å²) in [5.41, 5.74) is 3.30. The van der Waals surface area contributed by atoms with Crippen molar-refractivity contribution in [3.8, 4) is 5.75 Å². The molecule has 2 heterocycles. The van der Waals surface area contributed by atoms with Crippen molar-refractivity contribution in [3.05, 3.63) is 47.0 Å². The number of piperazine rings is 1. The maximum atomic E-state index is 12.9. The van der Waals surface area contributed by atoms with Gasteiger partial charge in [-0.05, 0) is 63.2 Å². The van der Waals surface area contributed by atoms with Gasteiger partial charge in [0.05, 0.1) is 25.0 Å². The molecule has 1 aromatic rings. The molecule has 9 heteroatoms. The van der Waals surface area contributed by atoms with Crippen LogP contribution in [0.2, 0.25) is 0 Å². The highest BCUT2D eigenvalue weighted by molar-refractivity contribution is 6.05. The van der Waals surface area contributed by atoms with E-state index in [4.69, 9.17) is 14.5 Å². The molecule has 0 radical (unpaired) electrons. The number of nitrogens with one attached hydrogen (secondary N) is 1. The monoisotopic (exact) mass is 480 g/mol. The number of nitrogens with zero attached hydrogens (tertiary/aromatic N) is 5. The van der Waals surface area contributed by atoms with Crippen molar-refractivity contribution < 1.29 is 14.3 Å². The molecule has 188 valence electrons. The molecule has 1 aliphatic carbocycles. The van der Waals surface area contributed by atoms with Crippen LogP contribution in [0, 0.1) is 5.92 Å². The molecule has 0 atom stereocenters. The van der Waals surface area contributed by atoms with Crippen LogP contribution < -0.4 is 10.1 Å². The lowest BCUT2D eigenvalue weighted by molar-refractivity contribution is 0.0664. The van der Waals surface area contributed by atoms with Crippen LogP contribution in [0.5, 0.6) is 5.75 Å². The molecule has 1 amide bonds. The maximum Gasteiger partial charge on any atom is 0.254 e. The molecule has 9 nitrogen and oxygen atoms in total. The molecule has 1 N–H and O–H groups in total. The van der Waals surface area contributed by atoms with Crippen LogP contribution in [0.3, 0.4) is 0 Å². The average Bonchev–Trinajstić information content (AvgIpc) is 3.65. The summed E-state index contributed by atoms with van der Waals surface area (Å²) in [4.78, 5) is 27.9. The van der Waals surface area contributed by atoms with Gasteiger partial charge in [0, 0.05) is 45.0 Å². The smallest absolute Gasteiger partial charge is 0.254 e. The molecule has 0 bridgehead atoms. The first-order valence-electron chi connectivity index (χ1n) is 12.1. The van der Waals surface area contributed by atoms with E-state index in [0.717, 1.165) is 48.8 Å². The summed E-state index contributed by atoms with van der Waals surface area (Å²) in [5.74, 6) is 2.56. The number of ether oxygens (including phenoxy) is 2. The fourth-order valence-corrected chi connectivity index (χ4v) is 4.26. The molecule has 35 heavy (non-hydrogen) atoms. The van der Waals surface area contributed by atoms with Gasteiger partial charge < -0.3 is 29.5 Å². The summed E-state index contributed by atoms with van der Waals surface area (Å²) < 4.78 is 11.5. The minimum absolute atomic E-state index is 0.0303. The summed E-state index contributed by atoms with van der Waals surface area (Å²) in [6.45, 7) is 9.95. The number of hydrogen-bond donors (Lipinski definition) is 1. The predicted molar refractivity (Wildman–Crippen MR) is 139 cm³/mol. The van der Waals surface area contributed by atoms with E-state index >= 15 is 0 Å². The Hall–Kier alpha value is -3.33. The van der Waals surface area contributed by atoms with Crippen LogP contribution in [0.15, 0.2) is 51.4 Å². The van der Waals surface area contributed by atoms with Crippen LogP contribution >= 0.6 is 0 Å². The molecule has 1 saturated carbocycles. The minimum Gasteiger partial charge on any atom is -0.495 e. The molecule has 1 aromatic carbocycles. The van der Waals surface area contributed by atoms with E-state index in [1.807, 2.05) is 42.1 Å². The van der Waals surface area contributed by atoms with E-state index in [0.29, 0.717) is 36.4 Å². The summed E-state index contributed by atoms with van der Waals surface area (Å²) in [7, 11) is 5.63. The van der Waals surface area contributed by atoms with E-state index < -0.39 is 0 Å². The first-order chi connectivity index (χ1) is 16.9. The predicted octanol–water partition coefficient (Wildman–Crippen LogP) is 3.04. The fraction of sp³-hybridized carbons (Fsp3) is 0.500. The first-order valence-corrected chi connectivity index (χ1v) is 12.1. The standard InChI is InChI=1S/C26H36N6O3/c1-18-15-31(4)24(23(18)25(27-2)35-16-19-6-7-19)29-17-28-21-9-8-20(14-22(21)34-5)26(33)32-12-10-30(3)11-13-32/h8-9,14-15,19,28H,2,6-7,10-13,16-17H2,1,3-5H3/b25-23+,29-24+. The Morgan fingerprint density at radius 2 is 1.94 bits per heavy atom. The normalized spacial score (nSPS) is 21.1. The molecule has 2 fully saturated rings. The number of amidine groups is 1. The Bertz CT molecular complexity index is 1050. The van der Waals surface area contributed by atoms with E-state index in [1.165, 1.54) is 12.8 Å². The van der Waals surface area contributed by atoms with Crippen LogP contribution in [0.4, 0.5) is 5.69 Å². The zero-order valence-electron chi connectivity index (χ0n) is 21.2. The van der Waals surface area contributed by atoms with Gasteiger partial charge in [-0.25, -0.2) is 9.98 Å². The lowest BCUT2D eigenvalue weighted by atomic mass is 10.1. The highest BCUT2D eigenvalue weighted by atomic mass is 16.5. The van der Waals surface area contributed by atoms with Gasteiger partial charge in [0.2, 0.25) is 5.88 Å². The number of anilines is 1. The van der Waals surface area contributed by atoms with E-state index in [1.54, 1.807) is 13.2 Å². The van der Waals surface area contributed by atoms with Crippen LogP contribution in [-0.4, -0.2) is 93.8 Å². The second-order valence-electron chi connectivity index (χ2n) is 9.34. The van der Waals surface area contributed by atoms with Gasteiger partial charge >= 0.3 is 0 Å². The number of likely N-dealkylation sites (N-methyl/N-ethyl adjacent to an activating group) is 2. The van der Waals surface area contributed by atoms with Gasteiger partial charge in [0.25, 0.3) is 5.91 Å². The second kappa shape index (κ2) is 10.9. The number of methoxy groups -OCH3 is 1. The number of carbonyl (C=O) groups is 1. The Morgan fingerprint density at radius 1 is 1.20 bits per heavy atom. The first kappa shape index (κ1) is 24.8. The average molecular weight is 481 g/mol. The van der Waals surface area contributed by atoms with Gasteiger partial charge in [-0.3, -0.25) is 4.79 Å². The maximum absolute atomic E-state index is 12.9. The van der Waals surface area contributed by atoms with Crippen LogP contribution in [0.1, 0.15) is 30.1 Å². The van der Waals surface area contributed by atoms with E-state index in [-0.39, 0.29) is 5.91 Å². The Kier molecular flexibility index (Phi) is 7.75. The molecular weight excluding hydrogens is 444 g/mol. The molecule has 2 aliphatic heterocycles. The van der Waals surface area contributed by atoms with Gasteiger partial charge in [0.15, 0.2) is 0 Å². The van der Waals surface area contributed by atoms with Crippen molar-refractivity contribution >= 4 is 24.1 Å². The molecule has 3 aliphatic rings. The largest absolute Gasteiger partial charge is 0.495 e. The van der Waals surface area contributed by atoms with Crippen LogP contribution in [0.25, 0.3) is 0 Å². The zero-order valence-corrected chi connectivity index (χ0v) is 21.2. The van der Waals surface area contributed by atoms with Crippen molar-refractivity contribution in [2.75, 3.05) is 66.0 Å². The molecule has 4 rings (SSSR count). The lowest BCUT2D eigenvalue weighted by Crippen LogP contribution is -2.47. The summed E-state index contributed by atoms with van der Waals surface area (Å²) in [5, 5.41) is 3.31. The van der Waals surface area contributed by atoms with Gasteiger partial charge in [-0.2, -0.15) is 0 Å². The number of carbonyl (C=O) groups excluding carboxylic acids is 1. The van der Waals surface area contributed by atoms with Gasteiger partial charge in [-0.15, -0.1) is 0 Å². The third kappa shape index (κ3) is 5.85. The number of rotatable bonds is 9. The number of hydrogen-bond acceptors (Lipinski definition) is 7. The molecule has 0 unspecified atom stereocenters. The highest BCUT2D eigenvalue weighted by Gasteiger charge is 2.28. The molecule has 1 saturated heterocycles. The Morgan fingerprint density at radius 3 is 2.60 bits per heavy atom. The summed E-state index contributed by atoms with van der Waals surface area (Å²) >= 11 is 0. The highest BCUT2D eigenvalue weighted by Crippen LogP contribution is 2.32. The summed E-state index contributed by atoms with van der Waals surface area (Å²) in [6, 6.07) is 5.50. The number of aliphatic imine (C=N–C) groups is 2. The van der Waals surface area contributed by atoms with Crippen molar-refractivity contribution in [1.82, 2.24) is 14.7 Å². The molecule has 0 aromatic heterocycles. The lowest BCUT2D eigenvalue weighted by Gasteiger charge is -2.32. The molecule has 0 spiro atoms. The third-order valence-electron chi connectivity index (χ3n) is 6.59. The second-order valence-corrected chi connectivity index (χ2v) is 9.34. The van der Waals surface area contributed by atoms with Crippen molar-refractivity contribution in [3.63, 3.8) is 0 Å². The Labute approximate surface area is 207 Å².